The highest BCUT2D eigenvalue weighted by Gasteiger charge is 2.33. The number of carbonyl (C=O) groups excluding carboxylic acids is 3. The molecule has 0 unspecified atom stereocenters. The topological polar surface area (TPSA) is 114 Å². The third-order valence-corrected chi connectivity index (χ3v) is 7.20. The zero-order valence-electron chi connectivity index (χ0n) is 17.0. The zero-order chi connectivity index (χ0) is 21.9. The molecule has 11 heteroatoms. The van der Waals surface area contributed by atoms with Gasteiger partial charge >= 0.3 is 0 Å². The fraction of sp³-hybridized carbons (Fsp3) is 0.526. The number of likely N-dealkylation sites (tertiary alicyclic amines) is 1. The van der Waals surface area contributed by atoms with Gasteiger partial charge in [0, 0.05) is 58.1 Å². The largest absolute Gasteiger partial charge is 0.497 e. The van der Waals surface area contributed by atoms with E-state index in [9.17, 15) is 22.8 Å². The van der Waals surface area contributed by atoms with Gasteiger partial charge in [0.1, 0.15) is 16.4 Å². The molecule has 10 nitrogen and oxygen atoms in total. The molecule has 3 rings (SSSR count). The molecule has 0 spiro atoms. The Bertz CT molecular complexity index is 923. The van der Waals surface area contributed by atoms with E-state index in [2.05, 4.69) is 0 Å². The summed E-state index contributed by atoms with van der Waals surface area (Å²) in [7, 11) is -0.987. The molecule has 164 valence electrons. The van der Waals surface area contributed by atoms with E-state index < -0.39 is 10.0 Å². The Morgan fingerprint density at radius 1 is 1.00 bits per heavy atom. The standard InChI is InChI=1S/C19H25N3O7S/c1-28-14-3-4-15(29-2)16(13-14)30(26,27)21-11-9-20(10-12-21)17(23)7-8-22-18(24)5-6-19(22)25/h3-4,13H,5-12H2,1-2H3. The van der Waals surface area contributed by atoms with Crippen LogP contribution in [0.25, 0.3) is 0 Å². The van der Waals surface area contributed by atoms with Gasteiger partial charge in [-0.2, -0.15) is 4.31 Å². The first-order valence-corrected chi connectivity index (χ1v) is 11.0. The molecule has 2 saturated heterocycles. The van der Waals surface area contributed by atoms with Crippen LogP contribution in [-0.2, 0) is 24.4 Å². The van der Waals surface area contributed by atoms with Crippen LogP contribution in [0.3, 0.4) is 0 Å². The molecule has 2 heterocycles. The second-order valence-electron chi connectivity index (χ2n) is 6.99. The average Bonchev–Trinajstić information content (AvgIpc) is 3.08. The highest BCUT2D eigenvalue weighted by molar-refractivity contribution is 7.89. The molecule has 0 bridgehead atoms. The van der Waals surface area contributed by atoms with Crippen LogP contribution in [0, 0.1) is 0 Å². The van der Waals surface area contributed by atoms with E-state index in [4.69, 9.17) is 9.47 Å². The maximum atomic E-state index is 13.1. The van der Waals surface area contributed by atoms with Crippen LogP contribution in [0.15, 0.2) is 23.1 Å². The zero-order valence-corrected chi connectivity index (χ0v) is 17.8. The highest BCUT2D eigenvalue weighted by Crippen LogP contribution is 2.31. The van der Waals surface area contributed by atoms with E-state index in [-0.39, 0.29) is 80.4 Å². The summed E-state index contributed by atoms with van der Waals surface area (Å²) in [6, 6.07) is 4.56. The first-order valence-electron chi connectivity index (χ1n) is 9.61. The van der Waals surface area contributed by atoms with Crippen molar-refractivity contribution in [3.63, 3.8) is 0 Å². The molecule has 1 aromatic carbocycles. The Morgan fingerprint density at radius 2 is 1.63 bits per heavy atom. The number of ether oxygens (including phenoxy) is 2. The molecule has 0 radical (unpaired) electrons. The third kappa shape index (κ3) is 4.41. The van der Waals surface area contributed by atoms with Crippen LogP contribution >= 0.6 is 0 Å². The lowest BCUT2D eigenvalue weighted by molar-refractivity contribution is -0.139. The highest BCUT2D eigenvalue weighted by atomic mass is 32.2. The summed E-state index contributed by atoms with van der Waals surface area (Å²) in [5.41, 5.74) is 0. The number of sulfonamides is 1. The Labute approximate surface area is 175 Å². The fourth-order valence-corrected chi connectivity index (χ4v) is 5.13. The van der Waals surface area contributed by atoms with Gasteiger partial charge in [-0.15, -0.1) is 0 Å². The van der Waals surface area contributed by atoms with E-state index in [1.807, 2.05) is 0 Å². The predicted octanol–water partition coefficient (Wildman–Crippen LogP) is 0.0758. The number of amides is 3. The van der Waals surface area contributed by atoms with Gasteiger partial charge in [-0.25, -0.2) is 8.42 Å². The molecule has 0 atom stereocenters. The van der Waals surface area contributed by atoms with E-state index in [0.29, 0.717) is 5.75 Å². The molecule has 0 saturated carbocycles. The summed E-state index contributed by atoms with van der Waals surface area (Å²) >= 11 is 0. The molecule has 2 fully saturated rings. The minimum absolute atomic E-state index is 0.00943. The Kier molecular flexibility index (Phi) is 6.61. The summed E-state index contributed by atoms with van der Waals surface area (Å²) < 4.78 is 37.8. The Morgan fingerprint density at radius 3 is 2.20 bits per heavy atom. The molecule has 0 aliphatic carbocycles. The number of imide groups is 1. The van der Waals surface area contributed by atoms with Crippen molar-refractivity contribution < 1.29 is 32.3 Å². The predicted molar refractivity (Wildman–Crippen MR) is 105 cm³/mol. The number of carbonyl (C=O) groups is 3. The summed E-state index contributed by atoms with van der Waals surface area (Å²) in [6.07, 6.45) is 0.419. The van der Waals surface area contributed by atoms with Crippen LogP contribution in [-0.4, -0.2) is 87.2 Å². The molecule has 2 aliphatic heterocycles. The number of piperazine rings is 1. The SMILES string of the molecule is COc1ccc(OC)c(S(=O)(=O)N2CCN(C(=O)CCN3C(=O)CCC3=O)CC2)c1. The van der Waals surface area contributed by atoms with Crippen LogP contribution in [0.5, 0.6) is 11.5 Å². The van der Waals surface area contributed by atoms with E-state index >= 15 is 0 Å². The molecule has 30 heavy (non-hydrogen) atoms. The van der Waals surface area contributed by atoms with Crippen molar-refractivity contribution in [2.24, 2.45) is 0 Å². The summed E-state index contributed by atoms with van der Waals surface area (Å²) in [4.78, 5) is 38.4. The number of hydrogen-bond acceptors (Lipinski definition) is 7. The molecule has 1 aromatic rings. The second kappa shape index (κ2) is 9.00. The minimum atomic E-state index is -3.83. The monoisotopic (exact) mass is 439 g/mol. The number of benzene rings is 1. The van der Waals surface area contributed by atoms with Gasteiger partial charge in [0.15, 0.2) is 0 Å². The smallest absolute Gasteiger partial charge is 0.247 e. The first-order chi connectivity index (χ1) is 14.3. The van der Waals surface area contributed by atoms with Gasteiger partial charge in [-0.05, 0) is 12.1 Å². The Hall–Kier alpha value is -2.66. The molecular formula is C19H25N3O7S. The first kappa shape index (κ1) is 22.0. The number of methoxy groups -OCH3 is 2. The normalized spacial score (nSPS) is 18.1. The van der Waals surface area contributed by atoms with E-state index in [1.54, 1.807) is 11.0 Å². The van der Waals surface area contributed by atoms with Gasteiger partial charge in [-0.1, -0.05) is 0 Å². The molecule has 3 amide bonds. The molecular weight excluding hydrogens is 414 g/mol. The van der Waals surface area contributed by atoms with Crippen LogP contribution in [0.4, 0.5) is 0 Å². The van der Waals surface area contributed by atoms with E-state index in [0.717, 1.165) is 4.90 Å². The minimum Gasteiger partial charge on any atom is -0.497 e. The van der Waals surface area contributed by atoms with Crippen molar-refractivity contribution in [3.05, 3.63) is 18.2 Å². The van der Waals surface area contributed by atoms with Crippen molar-refractivity contribution in [2.75, 3.05) is 46.9 Å². The number of rotatable bonds is 7. The summed E-state index contributed by atoms with van der Waals surface area (Å²) in [5, 5.41) is 0. The van der Waals surface area contributed by atoms with Gasteiger partial charge in [0.2, 0.25) is 27.7 Å². The van der Waals surface area contributed by atoms with Crippen LogP contribution in [0.2, 0.25) is 0 Å². The number of nitrogens with zero attached hydrogens (tertiary/aromatic N) is 3. The van der Waals surface area contributed by atoms with Crippen molar-refractivity contribution >= 4 is 27.7 Å². The van der Waals surface area contributed by atoms with Crippen LogP contribution < -0.4 is 9.47 Å². The maximum Gasteiger partial charge on any atom is 0.247 e. The maximum absolute atomic E-state index is 13.1. The third-order valence-electron chi connectivity index (χ3n) is 5.28. The lowest BCUT2D eigenvalue weighted by atomic mass is 10.3. The molecule has 0 aromatic heterocycles. The lowest BCUT2D eigenvalue weighted by Crippen LogP contribution is -2.51. The van der Waals surface area contributed by atoms with Crippen molar-refractivity contribution in [1.29, 1.82) is 0 Å². The van der Waals surface area contributed by atoms with E-state index in [1.165, 1.54) is 30.7 Å². The quantitative estimate of drug-likeness (QED) is 0.553. The Balaban J connectivity index is 1.61. The van der Waals surface area contributed by atoms with Crippen molar-refractivity contribution in [1.82, 2.24) is 14.1 Å². The van der Waals surface area contributed by atoms with Crippen LogP contribution in [0.1, 0.15) is 19.3 Å². The summed E-state index contributed by atoms with van der Waals surface area (Å²) in [6.45, 7) is 0.792. The number of hydrogen-bond donors (Lipinski definition) is 0. The van der Waals surface area contributed by atoms with Gasteiger partial charge < -0.3 is 14.4 Å². The molecule has 0 N–H and O–H groups in total. The van der Waals surface area contributed by atoms with Crippen molar-refractivity contribution in [3.8, 4) is 11.5 Å². The van der Waals surface area contributed by atoms with Crippen molar-refractivity contribution in [2.45, 2.75) is 24.2 Å². The second-order valence-corrected chi connectivity index (χ2v) is 8.90. The van der Waals surface area contributed by atoms with Gasteiger partial charge in [0.05, 0.1) is 14.2 Å². The van der Waals surface area contributed by atoms with Gasteiger partial charge in [0.25, 0.3) is 0 Å². The average molecular weight is 439 g/mol. The summed E-state index contributed by atoms with van der Waals surface area (Å²) in [5.74, 6) is -0.103. The molecule has 2 aliphatic rings. The lowest BCUT2D eigenvalue weighted by Gasteiger charge is -2.34. The van der Waals surface area contributed by atoms with Gasteiger partial charge in [-0.3, -0.25) is 19.3 Å². The fourth-order valence-electron chi connectivity index (χ4n) is 3.54.